The van der Waals surface area contributed by atoms with Gasteiger partial charge in [-0.3, -0.25) is 0 Å². The van der Waals surface area contributed by atoms with Gasteiger partial charge in [-0.1, -0.05) is 6.92 Å². The number of nitrogens with two attached hydrogens (primary N) is 1. The Bertz CT molecular complexity index is 355. The first-order chi connectivity index (χ1) is 7.62. The van der Waals surface area contributed by atoms with E-state index in [1.807, 2.05) is 6.07 Å². The summed E-state index contributed by atoms with van der Waals surface area (Å²) in [7, 11) is 3.30. The van der Waals surface area contributed by atoms with E-state index in [0.29, 0.717) is 0 Å². The first kappa shape index (κ1) is 13.6. The monoisotopic (exact) mass is 335 g/mol. The normalized spacial score (nSPS) is 12.3. The van der Waals surface area contributed by atoms with Crippen molar-refractivity contribution in [1.82, 2.24) is 0 Å². The Morgan fingerprint density at radius 1 is 1.31 bits per heavy atom. The third-order valence-electron chi connectivity index (χ3n) is 2.52. The number of methoxy groups -OCH3 is 2. The van der Waals surface area contributed by atoms with Crippen molar-refractivity contribution in [2.75, 3.05) is 14.2 Å². The molecule has 1 rings (SSSR count). The van der Waals surface area contributed by atoms with E-state index in [-0.39, 0.29) is 6.04 Å². The van der Waals surface area contributed by atoms with E-state index in [1.54, 1.807) is 14.2 Å². The summed E-state index contributed by atoms with van der Waals surface area (Å²) in [6.07, 6.45) is 1.85. The highest BCUT2D eigenvalue weighted by molar-refractivity contribution is 14.1. The lowest BCUT2D eigenvalue weighted by molar-refractivity contribution is 0.352. The van der Waals surface area contributed by atoms with Gasteiger partial charge in [0.1, 0.15) is 0 Å². The molecule has 0 spiro atoms. The van der Waals surface area contributed by atoms with Crippen molar-refractivity contribution in [3.8, 4) is 11.5 Å². The quantitative estimate of drug-likeness (QED) is 0.842. The highest BCUT2D eigenvalue weighted by Crippen LogP contribution is 2.33. The third-order valence-corrected chi connectivity index (χ3v) is 3.32. The van der Waals surface area contributed by atoms with Crippen LogP contribution in [0.15, 0.2) is 12.1 Å². The molecule has 1 aromatic carbocycles. The minimum Gasteiger partial charge on any atom is -0.493 e. The maximum Gasteiger partial charge on any atom is 0.174 e. The fraction of sp³-hybridized carbons (Fsp3) is 0.500. The number of halogens is 1. The summed E-state index contributed by atoms with van der Waals surface area (Å²) < 4.78 is 11.6. The second-order valence-electron chi connectivity index (χ2n) is 3.69. The van der Waals surface area contributed by atoms with Gasteiger partial charge in [0.25, 0.3) is 0 Å². The van der Waals surface area contributed by atoms with Crippen LogP contribution in [0, 0.1) is 3.57 Å². The summed E-state index contributed by atoms with van der Waals surface area (Å²) in [6.45, 7) is 2.09. The van der Waals surface area contributed by atoms with Gasteiger partial charge in [0, 0.05) is 6.04 Å². The fourth-order valence-electron chi connectivity index (χ4n) is 1.54. The molecular weight excluding hydrogens is 317 g/mol. The molecule has 0 aliphatic heterocycles. The van der Waals surface area contributed by atoms with E-state index in [0.717, 1.165) is 27.9 Å². The molecule has 0 saturated carbocycles. The summed E-state index contributed by atoms with van der Waals surface area (Å²) in [5.41, 5.74) is 7.13. The molecule has 0 amide bonds. The molecule has 0 aromatic heterocycles. The minimum absolute atomic E-state index is 0.203. The summed E-state index contributed by atoms with van der Waals surface area (Å²) in [4.78, 5) is 0. The van der Waals surface area contributed by atoms with Crippen LogP contribution in [-0.2, 0) is 6.42 Å². The zero-order valence-corrected chi connectivity index (χ0v) is 12.1. The lowest BCUT2D eigenvalue weighted by atomic mass is 10.0. The molecule has 0 heterocycles. The average Bonchev–Trinajstić information content (AvgIpc) is 2.28. The van der Waals surface area contributed by atoms with Gasteiger partial charge >= 0.3 is 0 Å². The van der Waals surface area contributed by atoms with E-state index in [9.17, 15) is 0 Å². The summed E-state index contributed by atoms with van der Waals surface area (Å²) >= 11 is 2.25. The number of rotatable bonds is 5. The zero-order chi connectivity index (χ0) is 12.1. The molecule has 16 heavy (non-hydrogen) atoms. The van der Waals surface area contributed by atoms with Crippen molar-refractivity contribution in [3.63, 3.8) is 0 Å². The van der Waals surface area contributed by atoms with Crippen LogP contribution in [0.3, 0.4) is 0 Å². The van der Waals surface area contributed by atoms with Crippen LogP contribution in [0.4, 0.5) is 0 Å². The molecule has 0 saturated heterocycles. The van der Waals surface area contributed by atoms with Gasteiger partial charge in [0.15, 0.2) is 11.5 Å². The number of hydrogen-bond acceptors (Lipinski definition) is 3. The van der Waals surface area contributed by atoms with Crippen LogP contribution in [0.1, 0.15) is 18.9 Å². The predicted molar refractivity (Wildman–Crippen MR) is 74.2 cm³/mol. The number of hydrogen-bond donors (Lipinski definition) is 1. The summed E-state index contributed by atoms with van der Waals surface area (Å²) in [5.74, 6) is 1.56. The van der Waals surface area contributed by atoms with Gasteiger partial charge in [-0.25, -0.2) is 0 Å². The van der Waals surface area contributed by atoms with Crippen molar-refractivity contribution in [2.24, 2.45) is 5.73 Å². The van der Waals surface area contributed by atoms with Crippen LogP contribution in [0.2, 0.25) is 0 Å². The van der Waals surface area contributed by atoms with Crippen molar-refractivity contribution < 1.29 is 9.47 Å². The van der Waals surface area contributed by atoms with Gasteiger partial charge < -0.3 is 15.2 Å². The molecule has 2 N–H and O–H groups in total. The smallest absolute Gasteiger partial charge is 0.174 e. The molecule has 0 radical (unpaired) electrons. The maximum absolute atomic E-state index is 5.94. The van der Waals surface area contributed by atoms with E-state index >= 15 is 0 Å². The van der Waals surface area contributed by atoms with Crippen LogP contribution in [-0.4, -0.2) is 20.3 Å². The highest BCUT2D eigenvalue weighted by atomic mass is 127. The van der Waals surface area contributed by atoms with Crippen LogP contribution < -0.4 is 15.2 Å². The van der Waals surface area contributed by atoms with Gasteiger partial charge in [-0.15, -0.1) is 0 Å². The van der Waals surface area contributed by atoms with Crippen molar-refractivity contribution >= 4 is 22.6 Å². The molecule has 90 valence electrons. The van der Waals surface area contributed by atoms with Gasteiger partial charge in [-0.2, -0.15) is 0 Å². The zero-order valence-electron chi connectivity index (χ0n) is 9.92. The van der Waals surface area contributed by atoms with Crippen LogP contribution in [0.25, 0.3) is 0 Å². The molecule has 4 heteroatoms. The van der Waals surface area contributed by atoms with Crippen molar-refractivity contribution in [3.05, 3.63) is 21.3 Å². The Kier molecular flexibility index (Phi) is 5.34. The number of ether oxygens (including phenoxy) is 2. The van der Waals surface area contributed by atoms with Crippen molar-refractivity contribution in [1.29, 1.82) is 0 Å². The average molecular weight is 335 g/mol. The standard InChI is InChI=1S/C12H18INO2/c1-4-9(14)5-8-6-10(13)12(16-3)11(7-8)15-2/h6-7,9H,4-5,14H2,1-3H3. The Labute approximate surface area is 110 Å². The lowest BCUT2D eigenvalue weighted by Gasteiger charge is -2.14. The fourth-order valence-corrected chi connectivity index (χ4v) is 2.42. The molecule has 0 bridgehead atoms. The van der Waals surface area contributed by atoms with Gasteiger partial charge in [-0.05, 0) is 53.1 Å². The minimum atomic E-state index is 0.203. The lowest BCUT2D eigenvalue weighted by Crippen LogP contribution is -2.21. The highest BCUT2D eigenvalue weighted by Gasteiger charge is 2.11. The van der Waals surface area contributed by atoms with E-state index in [4.69, 9.17) is 15.2 Å². The molecule has 0 aliphatic rings. The summed E-state index contributed by atoms with van der Waals surface area (Å²) in [6, 6.07) is 4.29. The second-order valence-corrected chi connectivity index (χ2v) is 4.85. The third kappa shape index (κ3) is 3.25. The molecule has 0 fully saturated rings. The Hall–Kier alpha value is -0.490. The van der Waals surface area contributed by atoms with E-state index in [2.05, 4.69) is 35.6 Å². The SMILES string of the molecule is CCC(N)Cc1cc(I)c(OC)c(OC)c1. The molecule has 0 aliphatic carbocycles. The van der Waals surface area contributed by atoms with Crippen molar-refractivity contribution in [2.45, 2.75) is 25.8 Å². The Morgan fingerprint density at radius 2 is 2.00 bits per heavy atom. The van der Waals surface area contributed by atoms with E-state index < -0.39 is 0 Å². The van der Waals surface area contributed by atoms with Crippen LogP contribution in [0.5, 0.6) is 11.5 Å². The Balaban J connectivity index is 3.00. The largest absolute Gasteiger partial charge is 0.493 e. The van der Waals surface area contributed by atoms with Crippen LogP contribution >= 0.6 is 22.6 Å². The first-order valence-electron chi connectivity index (χ1n) is 5.28. The molecule has 1 aromatic rings. The first-order valence-corrected chi connectivity index (χ1v) is 6.36. The molecule has 1 unspecified atom stereocenters. The topological polar surface area (TPSA) is 44.5 Å². The molecule has 3 nitrogen and oxygen atoms in total. The number of benzene rings is 1. The summed E-state index contributed by atoms with van der Waals surface area (Å²) in [5, 5.41) is 0. The predicted octanol–water partition coefficient (Wildman–Crippen LogP) is 2.59. The molecular formula is C12H18INO2. The molecule has 1 atom stereocenters. The van der Waals surface area contributed by atoms with Gasteiger partial charge in [0.2, 0.25) is 0 Å². The van der Waals surface area contributed by atoms with Gasteiger partial charge in [0.05, 0.1) is 17.8 Å². The Morgan fingerprint density at radius 3 is 2.50 bits per heavy atom. The second kappa shape index (κ2) is 6.30. The van der Waals surface area contributed by atoms with E-state index in [1.165, 1.54) is 5.56 Å². The maximum atomic E-state index is 5.94.